The van der Waals surface area contributed by atoms with Crippen molar-refractivity contribution in [1.29, 1.82) is 0 Å². The second-order valence-electron chi connectivity index (χ2n) is 7.94. The van der Waals surface area contributed by atoms with Crippen LogP contribution in [0.1, 0.15) is 16.7 Å². The van der Waals surface area contributed by atoms with E-state index in [1.807, 2.05) is 74.6 Å². The number of aromatic nitrogens is 2. The van der Waals surface area contributed by atoms with Crippen LogP contribution in [0, 0.1) is 13.8 Å². The summed E-state index contributed by atoms with van der Waals surface area (Å²) in [5.74, 6) is 1.04. The molecule has 168 valence electrons. The van der Waals surface area contributed by atoms with Crippen LogP contribution in [0.3, 0.4) is 0 Å². The number of thioether (sulfide) groups is 1. The Balaban J connectivity index is 1.55. The maximum Gasteiger partial charge on any atom is 0.234 e. The van der Waals surface area contributed by atoms with E-state index in [2.05, 4.69) is 33.1 Å². The molecule has 0 spiro atoms. The molecule has 4 rings (SSSR count). The fourth-order valence-corrected chi connectivity index (χ4v) is 4.54. The molecule has 3 aromatic carbocycles. The molecule has 1 amide bonds. The van der Waals surface area contributed by atoms with Crippen LogP contribution >= 0.6 is 11.8 Å². The predicted molar refractivity (Wildman–Crippen MR) is 135 cm³/mol. The summed E-state index contributed by atoms with van der Waals surface area (Å²) in [4.78, 5) is 17.3. The van der Waals surface area contributed by atoms with Crippen molar-refractivity contribution in [3.63, 3.8) is 0 Å². The van der Waals surface area contributed by atoms with E-state index in [1.165, 1.54) is 17.3 Å². The molecule has 0 aliphatic carbocycles. The van der Waals surface area contributed by atoms with E-state index in [4.69, 9.17) is 4.74 Å². The molecule has 0 fully saturated rings. The number of nitrogens with one attached hydrogen (secondary N) is 1. The van der Waals surface area contributed by atoms with Gasteiger partial charge in [-0.3, -0.25) is 4.79 Å². The second kappa shape index (κ2) is 10.4. The third-order valence-electron chi connectivity index (χ3n) is 5.23. The van der Waals surface area contributed by atoms with Crippen LogP contribution in [-0.4, -0.2) is 28.3 Å². The minimum absolute atomic E-state index is 0.0507. The van der Waals surface area contributed by atoms with Crippen molar-refractivity contribution in [2.24, 2.45) is 0 Å². The van der Waals surface area contributed by atoms with Gasteiger partial charge in [0, 0.05) is 11.3 Å². The molecule has 1 heterocycles. The molecule has 1 aromatic heterocycles. The van der Waals surface area contributed by atoms with Gasteiger partial charge < -0.3 is 14.6 Å². The maximum atomic E-state index is 12.6. The lowest BCUT2D eigenvalue weighted by atomic mass is 10.1. The molecule has 33 heavy (non-hydrogen) atoms. The third kappa shape index (κ3) is 5.84. The lowest BCUT2D eigenvalue weighted by molar-refractivity contribution is -0.113. The molecule has 0 radical (unpaired) electrons. The highest BCUT2D eigenvalue weighted by atomic mass is 32.2. The van der Waals surface area contributed by atoms with Gasteiger partial charge in [0.05, 0.1) is 31.3 Å². The van der Waals surface area contributed by atoms with Crippen molar-refractivity contribution in [2.45, 2.75) is 25.5 Å². The normalized spacial score (nSPS) is 10.8. The Morgan fingerprint density at radius 1 is 1.00 bits per heavy atom. The molecular formula is C27H27N3O2S. The number of hydrogen-bond acceptors (Lipinski definition) is 4. The van der Waals surface area contributed by atoms with Gasteiger partial charge in [-0.25, -0.2) is 4.98 Å². The van der Waals surface area contributed by atoms with E-state index < -0.39 is 0 Å². The van der Waals surface area contributed by atoms with E-state index in [-0.39, 0.29) is 11.7 Å². The molecule has 4 aromatic rings. The van der Waals surface area contributed by atoms with Gasteiger partial charge >= 0.3 is 0 Å². The summed E-state index contributed by atoms with van der Waals surface area (Å²) < 4.78 is 7.45. The average Bonchev–Trinajstić information content (AvgIpc) is 3.20. The Morgan fingerprint density at radius 2 is 1.70 bits per heavy atom. The van der Waals surface area contributed by atoms with Crippen LogP contribution in [0.25, 0.3) is 11.3 Å². The topological polar surface area (TPSA) is 56.1 Å². The molecule has 0 bridgehead atoms. The van der Waals surface area contributed by atoms with Crippen molar-refractivity contribution >= 4 is 23.4 Å². The molecule has 0 aliphatic heterocycles. The smallest absolute Gasteiger partial charge is 0.234 e. The highest BCUT2D eigenvalue weighted by Crippen LogP contribution is 2.29. The molecule has 0 saturated heterocycles. The van der Waals surface area contributed by atoms with Crippen molar-refractivity contribution in [2.75, 3.05) is 18.2 Å². The molecule has 0 aliphatic rings. The van der Waals surface area contributed by atoms with Gasteiger partial charge in [-0.2, -0.15) is 0 Å². The quantitative estimate of drug-likeness (QED) is 0.332. The van der Waals surface area contributed by atoms with Crippen molar-refractivity contribution in [1.82, 2.24) is 9.55 Å². The Bertz CT molecular complexity index is 1210. The number of methoxy groups -OCH3 is 1. The zero-order chi connectivity index (χ0) is 23.2. The summed E-state index contributed by atoms with van der Waals surface area (Å²) in [6.45, 7) is 4.72. The van der Waals surface area contributed by atoms with E-state index in [9.17, 15) is 4.79 Å². The molecular weight excluding hydrogens is 430 g/mol. The van der Waals surface area contributed by atoms with Gasteiger partial charge in [-0.15, -0.1) is 0 Å². The summed E-state index contributed by atoms with van der Waals surface area (Å²) >= 11 is 1.44. The number of carbonyl (C=O) groups excluding carboxylic acids is 1. The first-order valence-corrected chi connectivity index (χ1v) is 11.8. The Morgan fingerprint density at radius 3 is 2.36 bits per heavy atom. The molecule has 0 atom stereocenters. The number of aryl methyl sites for hydroxylation is 2. The monoisotopic (exact) mass is 457 g/mol. The van der Waals surface area contributed by atoms with Gasteiger partial charge in [-0.05, 0) is 66.9 Å². The first-order chi connectivity index (χ1) is 16.0. The fraction of sp³-hybridized carbons (Fsp3) is 0.185. The van der Waals surface area contributed by atoms with Crippen molar-refractivity contribution < 1.29 is 9.53 Å². The number of benzene rings is 3. The van der Waals surface area contributed by atoms with E-state index in [1.54, 1.807) is 7.11 Å². The number of anilines is 1. The van der Waals surface area contributed by atoms with E-state index in [0.717, 1.165) is 39.0 Å². The van der Waals surface area contributed by atoms with Crippen LogP contribution in [-0.2, 0) is 11.3 Å². The number of amides is 1. The largest absolute Gasteiger partial charge is 0.497 e. The Hall–Kier alpha value is -3.51. The first kappa shape index (κ1) is 22.7. The zero-order valence-electron chi connectivity index (χ0n) is 19.0. The van der Waals surface area contributed by atoms with Crippen LogP contribution in [0.5, 0.6) is 5.75 Å². The molecule has 1 N–H and O–H groups in total. The number of imidazole rings is 1. The Labute approximate surface area is 198 Å². The van der Waals surface area contributed by atoms with Crippen LogP contribution in [0.4, 0.5) is 5.69 Å². The van der Waals surface area contributed by atoms with Crippen LogP contribution in [0.15, 0.2) is 84.1 Å². The molecule has 0 saturated carbocycles. The molecule has 6 heteroatoms. The summed E-state index contributed by atoms with van der Waals surface area (Å²) in [6.07, 6.45) is 1.87. The average molecular weight is 458 g/mol. The number of hydrogen-bond donors (Lipinski definition) is 1. The minimum Gasteiger partial charge on any atom is -0.497 e. The van der Waals surface area contributed by atoms with Crippen molar-refractivity contribution in [3.8, 4) is 17.0 Å². The summed E-state index contributed by atoms with van der Waals surface area (Å²) in [5, 5.41) is 3.81. The lowest BCUT2D eigenvalue weighted by Gasteiger charge is -2.13. The fourth-order valence-electron chi connectivity index (χ4n) is 3.76. The van der Waals surface area contributed by atoms with Gasteiger partial charge in [0.15, 0.2) is 5.16 Å². The second-order valence-corrected chi connectivity index (χ2v) is 8.88. The number of nitrogens with zero attached hydrogens (tertiary/aromatic N) is 2. The van der Waals surface area contributed by atoms with Crippen LogP contribution in [0.2, 0.25) is 0 Å². The van der Waals surface area contributed by atoms with Gasteiger partial charge in [0.2, 0.25) is 5.91 Å². The summed E-state index contributed by atoms with van der Waals surface area (Å²) in [7, 11) is 1.66. The number of carbonyl (C=O) groups is 1. The zero-order valence-corrected chi connectivity index (χ0v) is 19.9. The predicted octanol–water partition coefficient (Wildman–Crippen LogP) is 5.95. The highest BCUT2D eigenvalue weighted by Gasteiger charge is 2.15. The summed E-state index contributed by atoms with van der Waals surface area (Å²) in [5.41, 5.74) is 6.29. The SMILES string of the molecule is COc1ccc(-c2cnc(SCC(=O)Nc3cc(C)cc(C)c3)n2Cc2ccccc2)cc1. The molecule has 0 unspecified atom stereocenters. The van der Waals surface area contributed by atoms with Gasteiger partial charge in [-0.1, -0.05) is 48.2 Å². The standard InChI is InChI=1S/C27H27N3O2S/c1-19-13-20(2)15-23(14-19)29-26(31)18-33-27-28-16-25(22-9-11-24(32-3)12-10-22)30(27)17-21-7-5-4-6-8-21/h4-16H,17-18H2,1-3H3,(H,29,31). The number of ether oxygens (including phenoxy) is 1. The Kier molecular flexibility index (Phi) is 7.15. The first-order valence-electron chi connectivity index (χ1n) is 10.8. The minimum atomic E-state index is -0.0507. The summed E-state index contributed by atoms with van der Waals surface area (Å²) in [6, 6.07) is 24.3. The van der Waals surface area contributed by atoms with E-state index >= 15 is 0 Å². The van der Waals surface area contributed by atoms with E-state index in [0.29, 0.717) is 6.54 Å². The van der Waals surface area contributed by atoms with Crippen LogP contribution < -0.4 is 10.1 Å². The molecule has 5 nitrogen and oxygen atoms in total. The number of rotatable bonds is 8. The maximum absolute atomic E-state index is 12.6. The lowest BCUT2D eigenvalue weighted by Crippen LogP contribution is -2.15. The van der Waals surface area contributed by atoms with Gasteiger partial charge in [0.25, 0.3) is 0 Å². The third-order valence-corrected chi connectivity index (χ3v) is 6.22. The highest BCUT2D eigenvalue weighted by molar-refractivity contribution is 7.99. The van der Waals surface area contributed by atoms with Gasteiger partial charge in [0.1, 0.15) is 5.75 Å². The van der Waals surface area contributed by atoms with Crippen molar-refractivity contribution in [3.05, 3.63) is 95.7 Å².